The highest BCUT2D eigenvalue weighted by atomic mass is 16.6. The van der Waals surface area contributed by atoms with Crippen LogP contribution >= 0.6 is 0 Å². The standard InChI is InChI=1S/C33H33N3O8/c1-42-21-12-10-19(11-13-21)18-43-33(41)35-34-26-17-27(37)30(38)28-24(26)14-15-25-29(28)32(40)36(31(25)39)20-6-5-9-23(16-20)44-22-7-3-2-4-8-22/h2-13,16,24-25,27-30,37-38H,14-15,17-18H2,1H3,(H,35,41)/t24-,25-,27-,28+,29+,30-/m1/s1. The molecule has 6 atom stereocenters. The topological polar surface area (TPSA) is 147 Å². The number of methoxy groups -OCH3 is 1. The van der Waals surface area contributed by atoms with E-state index in [2.05, 4.69) is 10.5 Å². The van der Waals surface area contributed by atoms with E-state index in [0.29, 0.717) is 41.5 Å². The average Bonchev–Trinajstić information content (AvgIpc) is 3.30. The quantitative estimate of drug-likeness (QED) is 0.273. The van der Waals surface area contributed by atoms with Gasteiger partial charge in [0.15, 0.2) is 0 Å². The number of benzene rings is 3. The monoisotopic (exact) mass is 599 g/mol. The predicted octanol–water partition coefficient (Wildman–Crippen LogP) is 4.03. The first-order chi connectivity index (χ1) is 21.3. The van der Waals surface area contributed by atoms with Crippen LogP contribution in [0.15, 0.2) is 84.0 Å². The van der Waals surface area contributed by atoms with E-state index in [1.165, 1.54) is 0 Å². The van der Waals surface area contributed by atoms with Gasteiger partial charge in [-0.25, -0.2) is 15.1 Å². The van der Waals surface area contributed by atoms with Crippen molar-refractivity contribution in [2.45, 2.75) is 38.1 Å². The fraction of sp³-hybridized carbons (Fsp3) is 0.333. The molecule has 0 bridgehead atoms. The van der Waals surface area contributed by atoms with Gasteiger partial charge in [-0.3, -0.25) is 9.59 Å². The van der Waals surface area contributed by atoms with Crippen LogP contribution in [0.5, 0.6) is 17.2 Å². The number of hydrazone groups is 1. The molecule has 0 radical (unpaired) electrons. The molecular weight excluding hydrogens is 566 g/mol. The Morgan fingerprint density at radius 3 is 2.39 bits per heavy atom. The van der Waals surface area contributed by atoms with Gasteiger partial charge in [-0.15, -0.1) is 0 Å². The van der Waals surface area contributed by atoms with Crippen LogP contribution in [0.2, 0.25) is 0 Å². The summed E-state index contributed by atoms with van der Waals surface area (Å²) in [5.41, 5.74) is 3.97. The molecule has 3 aliphatic rings. The van der Waals surface area contributed by atoms with Crippen LogP contribution in [0, 0.1) is 23.7 Å². The second-order valence-electron chi connectivity index (χ2n) is 11.2. The van der Waals surface area contributed by atoms with Crippen molar-refractivity contribution in [3.8, 4) is 17.2 Å². The number of para-hydroxylation sites is 1. The zero-order chi connectivity index (χ0) is 30.8. The number of hydrogen-bond acceptors (Lipinski definition) is 9. The molecule has 3 fully saturated rings. The fourth-order valence-electron chi connectivity index (χ4n) is 6.58. The van der Waals surface area contributed by atoms with E-state index in [1.54, 1.807) is 67.8 Å². The molecule has 1 aliphatic heterocycles. The number of nitrogens with zero attached hydrogens (tertiary/aromatic N) is 2. The van der Waals surface area contributed by atoms with E-state index in [-0.39, 0.29) is 18.9 Å². The second-order valence-corrected chi connectivity index (χ2v) is 11.2. The lowest BCUT2D eigenvalue weighted by molar-refractivity contribution is -0.132. The summed E-state index contributed by atoms with van der Waals surface area (Å²) >= 11 is 0. The van der Waals surface area contributed by atoms with Gasteiger partial charge < -0.3 is 24.4 Å². The fourth-order valence-corrected chi connectivity index (χ4v) is 6.58. The van der Waals surface area contributed by atoms with Gasteiger partial charge in [0.1, 0.15) is 23.9 Å². The number of carbonyl (C=O) groups excluding carboxylic acids is 3. The van der Waals surface area contributed by atoms with Gasteiger partial charge in [-0.2, -0.15) is 5.10 Å². The third kappa shape index (κ3) is 5.76. The number of aliphatic hydroxyl groups is 2. The highest BCUT2D eigenvalue weighted by Crippen LogP contribution is 2.50. The summed E-state index contributed by atoms with van der Waals surface area (Å²) in [6.45, 7) is 0.0157. The number of nitrogens with one attached hydrogen (secondary N) is 1. The number of imide groups is 1. The largest absolute Gasteiger partial charge is 0.497 e. The summed E-state index contributed by atoms with van der Waals surface area (Å²) in [5, 5.41) is 26.1. The lowest BCUT2D eigenvalue weighted by Crippen LogP contribution is -2.55. The van der Waals surface area contributed by atoms with Crippen molar-refractivity contribution in [1.82, 2.24) is 5.43 Å². The van der Waals surface area contributed by atoms with Gasteiger partial charge in [-0.1, -0.05) is 36.4 Å². The van der Waals surface area contributed by atoms with Gasteiger partial charge in [0.25, 0.3) is 0 Å². The molecule has 6 rings (SSSR count). The summed E-state index contributed by atoms with van der Waals surface area (Å²) < 4.78 is 16.3. The molecule has 228 valence electrons. The SMILES string of the molecule is COc1ccc(COC(=O)NN=C2C[C@@H](O)[C@@H](O)[C@@H]3[C@H]4C(=O)N(c5cccc(Oc6ccccc6)c5)C(=O)[C@@H]4CC[C@H]23)cc1. The molecule has 0 aromatic heterocycles. The Morgan fingerprint density at radius 1 is 0.909 bits per heavy atom. The zero-order valence-corrected chi connectivity index (χ0v) is 24.0. The molecule has 0 unspecified atom stereocenters. The third-order valence-electron chi connectivity index (χ3n) is 8.65. The maximum Gasteiger partial charge on any atom is 0.428 e. The molecule has 2 aliphatic carbocycles. The molecule has 3 aromatic carbocycles. The molecule has 1 heterocycles. The first-order valence-corrected chi connectivity index (χ1v) is 14.5. The Bertz CT molecular complexity index is 1560. The van der Waals surface area contributed by atoms with Gasteiger partial charge in [0.05, 0.1) is 36.8 Å². The first kappa shape index (κ1) is 29.3. The van der Waals surface area contributed by atoms with Gasteiger partial charge >= 0.3 is 6.09 Å². The molecule has 0 spiro atoms. The first-order valence-electron chi connectivity index (χ1n) is 14.5. The lowest BCUT2D eigenvalue weighted by atomic mass is 9.60. The van der Waals surface area contributed by atoms with Crippen molar-refractivity contribution < 1.29 is 38.8 Å². The Morgan fingerprint density at radius 2 is 1.64 bits per heavy atom. The third-order valence-corrected chi connectivity index (χ3v) is 8.65. The summed E-state index contributed by atoms with van der Waals surface area (Å²) in [4.78, 5) is 41.1. The van der Waals surface area contributed by atoms with E-state index in [9.17, 15) is 24.6 Å². The normalized spacial score (nSPS) is 27.0. The molecule has 1 saturated heterocycles. The Kier molecular flexibility index (Phi) is 8.32. The molecule has 3 N–H and O–H groups in total. The highest BCUT2D eigenvalue weighted by Gasteiger charge is 2.60. The second kappa shape index (κ2) is 12.5. The van der Waals surface area contributed by atoms with Gasteiger partial charge in [-0.05, 0) is 54.8 Å². The smallest absolute Gasteiger partial charge is 0.428 e. The van der Waals surface area contributed by atoms with Crippen molar-refractivity contribution in [2.24, 2.45) is 28.8 Å². The average molecular weight is 600 g/mol. The zero-order valence-electron chi connectivity index (χ0n) is 24.0. The minimum atomic E-state index is -1.24. The Balaban J connectivity index is 1.17. The number of fused-ring (bicyclic) bond motifs is 3. The molecule has 3 amide bonds. The van der Waals surface area contributed by atoms with E-state index in [0.717, 1.165) is 10.5 Å². The number of ether oxygens (including phenoxy) is 3. The molecular formula is C33H33N3O8. The predicted molar refractivity (Wildman–Crippen MR) is 159 cm³/mol. The lowest BCUT2D eigenvalue weighted by Gasteiger charge is -2.45. The number of rotatable bonds is 7. The van der Waals surface area contributed by atoms with Crippen LogP contribution in [0.3, 0.4) is 0 Å². The van der Waals surface area contributed by atoms with E-state index in [4.69, 9.17) is 14.2 Å². The van der Waals surface area contributed by atoms with Crippen LogP contribution in [0.1, 0.15) is 24.8 Å². The summed E-state index contributed by atoms with van der Waals surface area (Å²) in [6, 6.07) is 23.0. The minimum Gasteiger partial charge on any atom is -0.497 e. The van der Waals surface area contributed by atoms with Crippen LogP contribution in [0.4, 0.5) is 10.5 Å². The van der Waals surface area contributed by atoms with E-state index in [1.807, 2.05) is 18.2 Å². The van der Waals surface area contributed by atoms with Crippen LogP contribution < -0.4 is 19.8 Å². The number of carbonyl (C=O) groups is 3. The number of anilines is 1. The summed E-state index contributed by atoms with van der Waals surface area (Å²) in [6.07, 6.45) is -2.36. The minimum absolute atomic E-state index is 0.0157. The number of amides is 3. The maximum atomic E-state index is 13.9. The van der Waals surface area contributed by atoms with Gasteiger partial charge in [0, 0.05) is 30.0 Å². The van der Waals surface area contributed by atoms with Crippen LogP contribution in [-0.4, -0.2) is 53.2 Å². The maximum absolute atomic E-state index is 13.9. The summed E-state index contributed by atoms with van der Waals surface area (Å²) in [7, 11) is 1.56. The van der Waals surface area contributed by atoms with Crippen molar-refractivity contribution in [3.05, 3.63) is 84.4 Å². The van der Waals surface area contributed by atoms with Gasteiger partial charge in [0.2, 0.25) is 11.8 Å². The number of hydrogen-bond donors (Lipinski definition) is 3. The molecule has 11 nitrogen and oxygen atoms in total. The van der Waals surface area contributed by atoms with Crippen molar-refractivity contribution in [2.75, 3.05) is 12.0 Å². The van der Waals surface area contributed by atoms with E-state index >= 15 is 0 Å². The number of aliphatic hydroxyl groups excluding tert-OH is 2. The highest BCUT2D eigenvalue weighted by molar-refractivity contribution is 6.22. The van der Waals surface area contributed by atoms with Crippen LogP contribution in [-0.2, 0) is 20.9 Å². The molecule has 2 saturated carbocycles. The summed E-state index contributed by atoms with van der Waals surface area (Å²) in [5.74, 6) is -1.68. The van der Waals surface area contributed by atoms with Crippen molar-refractivity contribution in [1.29, 1.82) is 0 Å². The van der Waals surface area contributed by atoms with Crippen LogP contribution in [0.25, 0.3) is 0 Å². The molecule has 11 heteroatoms. The van der Waals surface area contributed by atoms with Crippen molar-refractivity contribution >= 4 is 29.3 Å². The Labute approximate surface area is 254 Å². The molecule has 3 aromatic rings. The van der Waals surface area contributed by atoms with E-state index < -0.39 is 47.9 Å². The molecule has 44 heavy (non-hydrogen) atoms. The van der Waals surface area contributed by atoms with Crippen molar-refractivity contribution in [3.63, 3.8) is 0 Å². The Hall–Kier alpha value is -4.74.